The van der Waals surface area contributed by atoms with Crippen molar-refractivity contribution >= 4 is 11.8 Å². The van der Waals surface area contributed by atoms with Crippen LogP contribution in [-0.2, 0) is 4.79 Å². The van der Waals surface area contributed by atoms with Crippen LogP contribution in [0, 0.1) is 6.92 Å². The van der Waals surface area contributed by atoms with Crippen LogP contribution in [0.4, 0.5) is 0 Å². The number of carbonyl (C=O) groups excluding carboxylic acids is 2. The van der Waals surface area contributed by atoms with Gasteiger partial charge in [-0.05, 0) is 57.2 Å². The number of nitrogens with zero attached hydrogens (tertiary/aromatic N) is 1. The number of likely N-dealkylation sites (tertiary alicyclic amines) is 1. The van der Waals surface area contributed by atoms with Gasteiger partial charge in [-0.2, -0.15) is 0 Å². The van der Waals surface area contributed by atoms with Gasteiger partial charge in [-0.15, -0.1) is 0 Å². The molecule has 146 valence electrons. The number of rotatable bonds is 2. The molecule has 3 fully saturated rings. The minimum atomic E-state index is -0.532. The van der Waals surface area contributed by atoms with E-state index in [4.69, 9.17) is 4.42 Å². The van der Waals surface area contributed by atoms with Crippen LogP contribution in [0.15, 0.2) is 15.3 Å². The Bertz CT molecular complexity index is 802. The molecule has 0 aromatic carbocycles. The van der Waals surface area contributed by atoms with Gasteiger partial charge in [-0.3, -0.25) is 9.59 Å². The monoisotopic (exact) mass is 373 g/mol. The van der Waals surface area contributed by atoms with Crippen molar-refractivity contribution in [1.29, 1.82) is 0 Å². The number of nitrogens with one attached hydrogen (secondary N) is 2. The second-order valence-electron chi connectivity index (χ2n) is 8.16. The molecule has 1 aromatic rings. The van der Waals surface area contributed by atoms with Crippen molar-refractivity contribution in [3.63, 3.8) is 0 Å². The van der Waals surface area contributed by atoms with E-state index in [-0.39, 0.29) is 28.8 Å². The number of amides is 2. The normalized spacial score (nSPS) is 24.9. The largest absolute Gasteiger partial charge is 0.427 e. The quantitative estimate of drug-likeness (QED) is 0.815. The lowest BCUT2D eigenvalue weighted by atomic mass is 9.86. The van der Waals surface area contributed by atoms with E-state index in [1.165, 1.54) is 0 Å². The first-order valence-electron chi connectivity index (χ1n) is 9.93. The van der Waals surface area contributed by atoms with Crippen molar-refractivity contribution in [1.82, 2.24) is 15.5 Å². The lowest BCUT2D eigenvalue weighted by molar-refractivity contribution is -0.120. The van der Waals surface area contributed by atoms with Gasteiger partial charge in [-0.25, -0.2) is 4.79 Å². The van der Waals surface area contributed by atoms with Crippen LogP contribution in [-0.4, -0.2) is 48.4 Å². The summed E-state index contributed by atoms with van der Waals surface area (Å²) in [4.78, 5) is 38.8. The Morgan fingerprint density at radius 3 is 2.63 bits per heavy atom. The summed E-state index contributed by atoms with van der Waals surface area (Å²) >= 11 is 0. The third-order valence-electron chi connectivity index (χ3n) is 6.32. The van der Waals surface area contributed by atoms with Crippen molar-refractivity contribution < 1.29 is 14.0 Å². The first-order valence-corrected chi connectivity index (χ1v) is 9.93. The van der Waals surface area contributed by atoms with E-state index in [0.717, 1.165) is 45.2 Å². The molecule has 1 aromatic heterocycles. The van der Waals surface area contributed by atoms with E-state index < -0.39 is 5.63 Å². The minimum Gasteiger partial charge on any atom is -0.427 e. The van der Waals surface area contributed by atoms with Crippen molar-refractivity contribution in [2.45, 2.75) is 56.9 Å². The smallest absolute Gasteiger partial charge is 0.349 e. The zero-order chi connectivity index (χ0) is 19.0. The molecule has 1 atom stereocenters. The molecule has 3 aliphatic rings. The molecule has 4 rings (SSSR count). The lowest BCUT2D eigenvalue weighted by Gasteiger charge is -2.39. The summed E-state index contributed by atoms with van der Waals surface area (Å²) in [5.41, 5.74) is 0.140. The molecule has 7 nitrogen and oxygen atoms in total. The molecule has 1 unspecified atom stereocenters. The van der Waals surface area contributed by atoms with E-state index in [2.05, 4.69) is 10.6 Å². The van der Waals surface area contributed by atoms with Crippen molar-refractivity contribution in [2.24, 2.45) is 0 Å². The third kappa shape index (κ3) is 3.52. The summed E-state index contributed by atoms with van der Waals surface area (Å²) in [5.74, 6) is 0.704. The topological polar surface area (TPSA) is 91.7 Å². The highest BCUT2D eigenvalue weighted by molar-refractivity contribution is 5.95. The van der Waals surface area contributed by atoms with Gasteiger partial charge in [0, 0.05) is 37.5 Å². The third-order valence-corrected chi connectivity index (χ3v) is 6.32. The standard InChI is InChI=1S/C20H27N3O4/c1-13-11-15(14-3-2-8-21-12-14)27-19(26)17(13)18(25)23-9-6-20(7-10-23)5-4-16(24)22-20/h11,14,21H,2-10,12H2,1H3,(H,22,24). The van der Waals surface area contributed by atoms with Crippen LogP contribution >= 0.6 is 0 Å². The van der Waals surface area contributed by atoms with Gasteiger partial charge < -0.3 is 20.0 Å². The Balaban J connectivity index is 1.49. The van der Waals surface area contributed by atoms with E-state index in [0.29, 0.717) is 30.8 Å². The number of hydrogen-bond acceptors (Lipinski definition) is 5. The first kappa shape index (κ1) is 18.2. The zero-order valence-electron chi connectivity index (χ0n) is 15.8. The fourth-order valence-corrected chi connectivity index (χ4v) is 4.63. The van der Waals surface area contributed by atoms with Crippen LogP contribution in [0.3, 0.4) is 0 Å². The molecular weight excluding hydrogens is 346 g/mol. The van der Waals surface area contributed by atoms with Crippen LogP contribution in [0.1, 0.15) is 66.1 Å². The number of carbonyl (C=O) groups is 2. The maximum atomic E-state index is 13.0. The summed E-state index contributed by atoms with van der Waals surface area (Å²) in [5, 5.41) is 6.39. The molecule has 0 aliphatic carbocycles. The van der Waals surface area contributed by atoms with Gasteiger partial charge in [0.1, 0.15) is 11.3 Å². The van der Waals surface area contributed by atoms with E-state index in [1.54, 1.807) is 4.90 Å². The fraction of sp³-hybridized carbons (Fsp3) is 0.650. The van der Waals surface area contributed by atoms with Gasteiger partial charge in [0.2, 0.25) is 5.91 Å². The average molecular weight is 373 g/mol. The molecular formula is C20H27N3O4. The SMILES string of the molecule is Cc1cc(C2CCCNC2)oc(=O)c1C(=O)N1CCC2(CCC(=O)N2)CC1. The second-order valence-corrected chi connectivity index (χ2v) is 8.16. The summed E-state index contributed by atoms with van der Waals surface area (Å²) < 4.78 is 5.55. The van der Waals surface area contributed by atoms with Gasteiger partial charge in [0.15, 0.2) is 0 Å². The minimum absolute atomic E-state index is 0.0963. The molecule has 3 aliphatic heterocycles. The molecule has 0 radical (unpaired) electrons. The van der Waals surface area contributed by atoms with Gasteiger partial charge in [-0.1, -0.05) is 0 Å². The number of piperidine rings is 2. The molecule has 0 bridgehead atoms. The summed E-state index contributed by atoms with van der Waals surface area (Å²) in [6.07, 6.45) is 4.91. The average Bonchev–Trinajstić information content (AvgIpc) is 3.02. The molecule has 4 heterocycles. The maximum absolute atomic E-state index is 13.0. The molecule has 0 saturated carbocycles. The predicted octanol–water partition coefficient (Wildman–Crippen LogP) is 1.30. The Kier molecular flexibility index (Phi) is 4.80. The van der Waals surface area contributed by atoms with E-state index in [9.17, 15) is 14.4 Å². The highest BCUT2D eigenvalue weighted by Crippen LogP contribution is 2.32. The van der Waals surface area contributed by atoms with Crippen LogP contribution in [0.25, 0.3) is 0 Å². The molecule has 7 heteroatoms. The molecule has 27 heavy (non-hydrogen) atoms. The molecule has 2 amide bonds. The van der Waals surface area contributed by atoms with Crippen LogP contribution in [0.5, 0.6) is 0 Å². The Morgan fingerprint density at radius 1 is 1.26 bits per heavy atom. The number of aryl methyl sites for hydroxylation is 1. The highest BCUT2D eigenvalue weighted by Gasteiger charge is 2.41. The fourth-order valence-electron chi connectivity index (χ4n) is 4.63. The highest BCUT2D eigenvalue weighted by atomic mass is 16.4. The van der Waals surface area contributed by atoms with E-state index in [1.807, 2.05) is 13.0 Å². The number of hydrogen-bond donors (Lipinski definition) is 2. The summed E-state index contributed by atoms with van der Waals surface area (Å²) in [7, 11) is 0. The summed E-state index contributed by atoms with van der Waals surface area (Å²) in [6, 6.07) is 1.86. The van der Waals surface area contributed by atoms with Gasteiger partial charge in [0.25, 0.3) is 5.91 Å². The van der Waals surface area contributed by atoms with Crippen LogP contribution < -0.4 is 16.3 Å². The van der Waals surface area contributed by atoms with Gasteiger partial charge in [0.05, 0.1) is 0 Å². The maximum Gasteiger partial charge on any atom is 0.349 e. The Labute approximate surface area is 158 Å². The van der Waals surface area contributed by atoms with Crippen molar-refractivity contribution in [2.75, 3.05) is 26.2 Å². The van der Waals surface area contributed by atoms with Gasteiger partial charge >= 0.3 is 5.63 Å². The Morgan fingerprint density at radius 2 is 2.04 bits per heavy atom. The zero-order valence-corrected chi connectivity index (χ0v) is 15.8. The molecule has 1 spiro atoms. The molecule has 2 N–H and O–H groups in total. The van der Waals surface area contributed by atoms with Crippen LogP contribution in [0.2, 0.25) is 0 Å². The predicted molar refractivity (Wildman–Crippen MR) is 99.8 cm³/mol. The lowest BCUT2D eigenvalue weighted by Crippen LogP contribution is -2.52. The summed E-state index contributed by atoms with van der Waals surface area (Å²) in [6.45, 7) is 4.70. The Hall–Kier alpha value is -2.15. The first-order chi connectivity index (χ1) is 13.0. The van der Waals surface area contributed by atoms with Crippen molar-refractivity contribution in [3.05, 3.63) is 33.4 Å². The molecule has 3 saturated heterocycles. The van der Waals surface area contributed by atoms with Crippen molar-refractivity contribution in [3.8, 4) is 0 Å². The second kappa shape index (κ2) is 7.11. The van der Waals surface area contributed by atoms with E-state index >= 15 is 0 Å².